The number of hydrazone groups is 1. The minimum atomic E-state index is 0.0643. The molecule has 2 rings (SSSR count). The monoisotopic (exact) mass is 234 g/mol. The van der Waals surface area contributed by atoms with Gasteiger partial charge >= 0.3 is 0 Å². The molecular formula is C14H22N2O. The fourth-order valence-corrected chi connectivity index (χ4v) is 3.58. The lowest BCUT2D eigenvalue weighted by Gasteiger charge is -2.39. The van der Waals surface area contributed by atoms with E-state index in [-0.39, 0.29) is 11.9 Å². The number of amides is 1. The first kappa shape index (κ1) is 12.3. The van der Waals surface area contributed by atoms with Crippen LogP contribution in [0.25, 0.3) is 0 Å². The third kappa shape index (κ3) is 2.28. The fraction of sp³-hybridized carbons (Fsp3) is 0.714. The van der Waals surface area contributed by atoms with Gasteiger partial charge in [0, 0.05) is 19.6 Å². The lowest BCUT2D eigenvalue weighted by Crippen LogP contribution is -2.43. The Morgan fingerprint density at radius 3 is 2.76 bits per heavy atom. The summed E-state index contributed by atoms with van der Waals surface area (Å²) in [5, 5.41) is 5.90. The van der Waals surface area contributed by atoms with Crippen LogP contribution in [0.1, 0.15) is 40.5 Å². The summed E-state index contributed by atoms with van der Waals surface area (Å²) in [7, 11) is 0. The van der Waals surface area contributed by atoms with Gasteiger partial charge in [0.25, 0.3) is 0 Å². The van der Waals surface area contributed by atoms with Crippen molar-refractivity contribution >= 4 is 12.1 Å². The van der Waals surface area contributed by atoms with Crippen LogP contribution in [0.4, 0.5) is 0 Å². The van der Waals surface area contributed by atoms with Gasteiger partial charge in [-0.05, 0) is 31.1 Å². The van der Waals surface area contributed by atoms with Crippen LogP contribution in [0.15, 0.2) is 16.8 Å². The zero-order valence-corrected chi connectivity index (χ0v) is 11.2. The second kappa shape index (κ2) is 4.63. The molecule has 0 saturated heterocycles. The summed E-state index contributed by atoms with van der Waals surface area (Å²) < 4.78 is 0. The van der Waals surface area contributed by atoms with Crippen molar-refractivity contribution in [1.82, 2.24) is 5.01 Å². The SMILES string of the molecule is CC(=O)N1N=CC[C@H]1[C@H]1[C@H](C)C=C(C)C[C@@H]1C. The summed E-state index contributed by atoms with van der Waals surface area (Å²) in [4.78, 5) is 11.6. The molecule has 94 valence electrons. The highest BCUT2D eigenvalue weighted by molar-refractivity contribution is 5.77. The van der Waals surface area contributed by atoms with Crippen LogP contribution in [0.2, 0.25) is 0 Å². The first-order valence-electron chi connectivity index (χ1n) is 6.50. The molecule has 1 aliphatic heterocycles. The Hall–Kier alpha value is -1.12. The first-order valence-corrected chi connectivity index (χ1v) is 6.50. The Morgan fingerprint density at radius 1 is 1.47 bits per heavy atom. The molecule has 0 bridgehead atoms. The molecule has 0 spiro atoms. The molecule has 0 N–H and O–H groups in total. The molecule has 4 atom stereocenters. The summed E-state index contributed by atoms with van der Waals surface area (Å²) in [5.74, 6) is 1.76. The molecule has 1 amide bonds. The summed E-state index contributed by atoms with van der Waals surface area (Å²) in [6, 6.07) is 0.266. The summed E-state index contributed by atoms with van der Waals surface area (Å²) in [5.41, 5.74) is 1.48. The third-order valence-corrected chi connectivity index (χ3v) is 4.09. The summed E-state index contributed by atoms with van der Waals surface area (Å²) in [6.07, 6.45) is 6.31. The largest absolute Gasteiger partial charge is 0.273 e. The molecular weight excluding hydrogens is 212 g/mol. The molecule has 0 aromatic heterocycles. The number of allylic oxidation sites excluding steroid dienone is 2. The van der Waals surface area contributed by atoms with E-state index in [1.165, 1.54) is 5.57 Å². The molecule has 0 fully saturated rings. The fourth-order valence-electron chi connectivity index (χ4n) is 3.58. The van der Waals surface area contributed by atoms with E-state index < -0.39 is 0 Å². The van der Waals surface area contributed by atoms with Crippen molar-refractivity contribution in [3.63, 3.8) is 0 Å². The molecule has 2 aliphatic rings. The zero-order valence-electron chi connectivity index (χ0n) is 11.2. The highest BCUT2D eigenvalue weighted by atomic mass is 16.2. The molecule has 0 radical (unpaired) electrons. The Kier molecular flexibility index (Phi) is 3.36. The zero-order chi connectivity index (χ0) is 12.6. The average Bonchev–Trinajstić information content (AvgIpc) is 2.64. The smallest absolute Gasteiger partial charge is 0.239 e. The van der Waals surface area contributed by atoms with Gasteiger partial charge in [-0.1, -0.05) is 25.5 Å². The van der Waals surface area contributed by atoms with Gasteiger partial charge in [0.2, 0.25) is 5.91 Å². The van der Waals surface area contributed by atoms with E-state index in [1.807, 2.05) is 6.21 Å². The van der Waals surface area contributed by atoms with Crippen molar-refractivity contribution < 1.29 is 4.79 Å². The molecule has 0 saturated carbocycles. The van der Waals surface area contributed by atoms with Gasteiger partial charge in [-0.25, -0.2) is 5.01 Å². The molecule has 1 heterocycles. The van der Waals surface area contributed by atoms with Crippen molar-refractivity contribution in [3.8, 4) is 0 Å². The Morgan fingerprint density at radius 2 is 2.18 bits per heavy atom. The second-order valence-corrected chi connectivity index (χ2v) is 5.60. The van der Waals surface area contributed by atoms with E-state index in [9.17, 15) is 4.79 Å². The van der Waals surface area contributed by atoms with Crippen molar-refractivity contribution in [1.29, 1.82) is 0 Å². The van der Waals surface area contributed by atoms with Crippen LogP contribution in [-0.2, 0) is 4.79 Å². The maximum atomic E-state index is 11.6. The van der Waals surface area contributed by atoms with Crippen LogP contribution in [-0.4, -0.2) is 23.2 Å². The standard InChI is InChI=1S/C14H22N2O/c1-9-7-10(2)14(11(3)8-9)13-5-6-15-16(13)12(4)17/h6-7,10-11,13-14H,5,8H2,1-4H3/t10-,11+,13+,14+/m1/s1. The van der Waals surface area contributed by atoms with Crippen LogP contribution < -0.4 is 0 Å². The Labute approximate surface area is 104 Å². The normalized spacial score (nSPS) is 37.2. The molecule has 3 nitrogen and oxygen atoms in total. The van der Waals surface area contributed by atoms with Crippen LogP contribution >= 0.6 is 0 Å². The predicted octanol–water partition coefficient (Wildman–Crippen LogP) is 2.83. The minimum Gasteiger partial charge on any atom is -0.273 e. The van der Waals surface area contributed by atoms with Crippen molar-refractivity contribution in [3.05, 3.63) is 11.6 Å². The molecule has 1 aliphatic carbocycles. The van der Waals surface area contributed by atoms with Crippen LogP contribution in [0, 0.1) is 17.8 Å². The number of nitrogens with zero attached hydrogens (tertiary/aromatic N) is 2. The number of hydrogen-bond donors (Lipinski definition) is 0. The number of hydrogen-bond acceptors (Lipinski definition) is 2. The van der Waals surface area contributed by atoms with Gasteiger partial charge in [0.1, 0.15) is 0 Å². The van der Waals surface area contributed by atoms with Gasteiger partial charge in [0.05, 0.1) is 6.04 Å². The molecule has 3 heteroatoms. The molecule has 0 unspecified atom stereocenters. The second-order valence-electron chi connectivity index (χ2n) is 5.60. The molecule has 0 aromatic rings. The van der Waals surface area contributed by atoms with Crippen LogP contribution in [0.5, 0.6) is 0 Å². The number of rotatable bonds is 1. The van der Waals surface area contributed by atoms with E-state index in [0.717, 1.165) is 12.8 Å². The summed E-state index contributed by atoms with van der Waals surface area (Å²) >= 11 is 0. The Balaban J connectivity index is 2.20. The van der Waals surface area contributed by atoms with E-state index >= 15 is 0 Å². The van der Waals surface area contributed by atoms with Gasteiger partial charge in [-0.3, -0.25) is 4.79 Å². The van der Waals surface area contributed by atoms with E-state index in [2.05, 4.69) is 31.9 Å². The van der Waals surface area contributed by atoms with E-state index in [1.54, 1.807) is 11.9 Å². The molecule has 0 aromatic carbocycles. The van der Waals surface area contributed by atoms with Gasteiger partial charge in [-0.15, -0.1) is 0 Å². The van der Waals surface area contributed by atoms with Crippen LogP contribution in [0.3, 0.4) is 0 Å². The lowest BCUT2D eigenvalue weighted by atomic mass is 9.70. The number of carbonyl (C=O) groups excluding carboxylic acids is 1. The van der Waals surface area contributed by atoms with Crippen molar-refractivity contribution in [2.45, 2.75) is 46.6 Å². The Bertz CT molecular complexity index is 372. The minimum absolute atomic E-state index is 0.0643. The van der Waals surface area contributed by atoms with Gasteiger partial charge < -0.3 is 0 Å². The maximum absolute atomic E-state index is 11.6. The first-order chi connectivity index (χ1) is 8.00. The highest BCUT2D eigenvalue weighted by Gasteiger charge is 2.39. The predicted molar refractivity (Wildman–Crippen MR) is 69.6 cm³/mol. The van der Waals surface area contributed by atoms with Gasteiger partial charge in [0.15, 0.2) is 0 Å². The quantitative estimate of drug-likeness (QED) is 0.642. The molecule has 17 heavy (non-hydrogen) atoms. The topological polar surface area (TPSA) is 32.7 Å². The number of carbonyl (C=O) groups is 1. The third-order valence-electron chi connectivity index (χ3n) is 4.09. The average molecular weight is 234 g/mol. The van der Waals surface area contributed by atoms with Gasteiger partial charge in [-0.2, -0.15) is 5.10 Å². The maximum Gasteiger partial charge on any atom is 0.239 e. The lowest BCUT2D eigenvalue weighted by molar-refractivity contribution is -0.132. The summed E-state index contributed by atoms with van der Waals surface area (Å²) in [6.45, 7) is 8.38. The van der Waals surface area contributed by atoms with E-state index in [0.29, 0.717) is 17.8 Å². The van der Waals surface area contributed by atoms with Crippen molar-refractivity contribution in [2.24, 2.45) is 22.9 Å². The highest BCUT2D eigenvalue weighted by Crippen LogP contribution is 2.39. The van der Waals surface area contributed by atoms with E-state index in [4.69, 9.17) is 0 Å². The van der Waals surface area contributed by atoms with Crippen molar-refractivity contribution in [2.75, 3.05) is 0 Å².